The molecule has 1 amide bonds. The summed E-state index contributed by atoms with van der Waals surface area (Å²) in [5.41, 5.74) is 1.83. The zero-order valence-corrected chi connectivity index (χ0v) is 19.9. The maximum Gasteiger partial charge on any atom is 0.253 e. The Kier molecular flexibility index (Phi) is 9.82. The SMILES string of the molecule is CCc1cnc(CNC(=NC)NCc2cccc(NC(=O)C3CCCO3)c2)s1.I. The van der Waals surface area contributed by atoms with E-state index in [1.807, 2.05) is 30.5 Å². The molecule has 3 rings (SSSR count). The molecule has 9 heteroatoms. The van der Waals surface area contributed by atoms with Gasteiger partial charge in [-0.1, -0.05) is 19.1 Å². The number of carbonyl (C=O) groups excluding carboxylic acids is 1. The molecule has 1 fully saturated rings. The molecule has 7 nitrogen and oxygen atoms in total. The molecule has 29 heavy (non-hydrogen) atoms. The average Bonchev–Trinajstić information content (AvgIpc) is 3.40. The highest BCUT2D eigenvalue weighted by Crippen LogP contribution is 2.16. The van der Waals surface area contributed by atoms with Crippen molar-refractivity contribution >= 4 is 52.9 Å². The molecule has 2 heterocycles. The van der Waals surface area contributed by atoms with Gasteiger partial charge in [0.15, 0.2) is 5.96 Å². The van der Waals surface area contributed by atoms with Crippen LogP contribution in [0, 0.1) is 0 Å². The van der Waals surface area contributed by atoms with E-state index in [1.54, 1.807) is 18.4 Å². The number of aliphatic imine (C=N–C) groups is 1. The highest BCUT2D eigenvalue weighted by Gasteiger charge is 2.23. The van der Waals surface area contributed by atoms with Crippen molar-refractivity contribution < 1.29 is 9.53 Å². The van der Waals surface area contributed by atoms with Crippen molar-refractivity contribution in [3.63, 3.8) is 0 Å². The lowest BCUT2D eigenvalue weighted by Gasteiger charge is -2.13. The van der Waals surface area contributed by atoms with Crippen molar-refractivity contribution in [3.8, 4) is 0 Å². The molecule has 1 aromatic heterocycles. The fourth-order valence-corrected chi connectivity index (χ4v) is 3.73. The first-order valence-corrected chi connectivity index (χ1v) is 10.4. The third kappa shape index (κ3) is 7.23. The number of anilines is 1. The van der Waals surface area contributed by atoms with Crippen molar-refractivity contribution in [1.29, 1.82) is 0 Å². The maximum absolute atomic E-state index is 12.2. The summed E-state index contributed by atoms with van der Waals surface area (Å²) in [6, 6.07) is 7.79. The van der Waals surface area contributed by atoms with Crippen LogP contribution >= 0.6 is 35.3 Å². The van der Waals surface area contributed by atoms with Gasteiger partial charge in [0.25, 0.3) is 5.91 Å². The maximum atomic E-state index is 12.2. The van der Waals surface area contributed by atoms with Crippen LogP contribution in [0.5, 0.6) is 0 Å². The van der Waals surface area contributed by atoms with E-state index in [0.29, 0.717) is 25.7 Å². The monoisotopic (exact) mass is 529 g/mol. The van der Waals surface area contributed by atoms with Crippen LogP contribution in [0.3, 0.4) is 0 Å². The van der Waals surface area contributed by atoms with Gasteiger partial charge in [-0.15, -0.1) is 35.3 Å². The Morgan fingerprint density at radius 2 is 2.17 bits per heavy atom. The normalized spacial score (nSPS) is 16.2. The van der Waals surface area contributed by atoms with Gasteiger partial charge in [-0.3, -0.25) is 9.79 Å². The van der Waals surface area contributed by atoms with Gasteiger partial charge in [0, 0.05) is 37.0 Å². The Labute approximate surface area is 192 Å². The number of ether oxygens (including phenoxy) is 1. The molecule has 1 saturated heterocycles. The highest BCUT2D eigenvalue weighted by atomic mass is 127. The minimum Gasteiger partial charge on any atom is -0.368 e. The molecular formula is C20H28IN5O2S. The van der Waals surface area contributed by atoms with Gasteiger partial charge in [0.1, 0.15) is 11.1 Å². The lowest BCUT2D eigenvalue weighted by atomic mass is 10.2. The van der Waals surface area contributed by atoms with Crippen LogP contribution in [0.15, 0.2) is 35.5 Å². The summed E-state index contributed by atoms with van der Waals surface area (Å²) in [6.07, 6.45) is 4.32. The minimum absolute atomic E-state index is 0. The number of amides is 1. The minimum atomic E-state index is -0.330. The van der Waals surface area contributed by atoms with Gasteiger partial charge >= 0.3 is 0 Å². The number of nitrogens with zero attached hydrogens (tertiary/aromatic N) is 2. The topological polar surface area (TPSA) is 87.6 Å². The number of halogens is 1. The van der Waals surface area contributed by atoms with E-state index in [9.17, 15) is 4.79 Å². The van der Waals surface area contributed by atoms with Crippen molar-refractivity contribution in [1.82, 2.24) is 15.6 Å². The number of hydrogen-bond donors (Lipinski definition) is 3. The number of aromatic nitrogens is 1. The van der Waals surface area contributed by atoms with Crippen LogP contribution in [-0.4, -0.2) is 36.6 Å². The van der Waals surface area contributed by atoms with Gasteiger partial charge in [0.05, 0.1) is 6.54 Å². The van der Waals surface area contributed by atoms with Crippen LogP contribution in [0.2, 0.25) is 0 Å². The van der Waals surface area contributed by atoms with Crippen LogP contribution in [-0.2, 0) is 29.0 Å². The zero-order valence-electron chi connectivity index (χ0n) is 16.7. The molecule has 1 aliphatic rings. The Morgan fingerprint density at radius 1 is 1.34 bits per heavy atom. The lowest BCUT2D eigenvalue weighted by molar-refractivity contribution is -0.124. The summed E-state index contributed by atoms with van der Waals surface area (Å²) in [7, 11) is 1.74. The van der Waals surface area contributed by atoms with E-state index in [1.165, 1.54) is 4.88 Å². The van der Waals surface area contributed by atoms with E-state index in [-0.39, 0.29) is 36.0 Å². The van der Waals surface area contributed by atoms with Gasteiger partial charge in [-0.25, -0.2) is 4.98 Å². The van der Waals surface area contributed by atoms with Gasteiger partial charge in [-0.05, 0) is 37.0 Å². The van der Waals surface area contributed by atoms with Gasteiger partial charge in [-0.2, -0.15) is 0 Å². The van der Waals surface area contributed by atoms with Crippen molar-refractivity contribution in [2.45, 2.75) is 45.4 Å². The Hall–Kier alpha value is -1.72. The van der Waals surface area contributed by atoms with Crippen LogP contribution in [0.4, 0.5) is 5.69 Å². The quantitative estimate of drug-likeness (QED) is 0.291. The molecular weight excluding hydrogens is 501 g/mol. The number of aryl methyl sites for hydroxylation is 1. The Morgan fingerprint density at radius 3 is 2.86 bits per heavy atom. The number of benzene rings is 1. The Bertz CT molecular complexity index is 821. The summed E-state index contributed by atoms with van der Waals surface area (Å²) >= 11 is 1.71. The molecule has 2 aromatic rings. The van der Waals surface area contributed by atoms with Crippen LogP contribution in [0.25, 0.3) is 0 Å². The molecule has 1 unspecified atom stereocenters. The molecule has 0 spiro atoms. The number of hydrogen-bond acceptors (Lipinski definition) is 5. The largest absolute Gasteiger partial charge is 0.368 e. The average molecular weight is 529 g/mol. The Balaban J connectivity index is 0.00000300. The van der Waals surface area contributed by atoms with E-state index in [2.05, 4.69) is 32.9 Å². The van der Waals surface area contributed by atoms with E-state index < -0.39 is 0 Å². The second-order valence-electron chi connectivity index (χ2n) is 6.54. The molecule has 1 aliphatic heterocycles. The molecule has 158 valence electrons. The molecule has 0 aliphatic carbocycles. The van der Waals surface area contributed by atoms with Crippen molar-refractivity contribution in [3.05, 3.63) is 45.9 Å². The number of thiazole rings is 1. The van der Waals surface area contributed by atoms with Crippen LogP contribution in [0.1, 0.15) is 35.2 Å². The second-order valence-corrected chi connectivity index (χ2v) is 7.74. The second kappa shape index (κ2) is 12.1. The molecule has 0 bridgehead atoms. The number of carbonyl (C=O) groups is 1. The molecule has 0 radical (unpaired) electrons. The lowest BCUT2D eigenvalue weighted by Crippen LogP contribution is -2.36. The summed E-state index contributed by atoms with van der Waals surface area (Å²) in [6.45, 7) is 4.03. The highest BCUT2D eigenvalue weighted by molar-refractivity contribution is 14.0. The van der Waals surface area contributed by atoms with Crippen LogP contribution < -0.4 is 16.0 Å². The van der Waals surface area contributed by atoms with Gasteiger partial charge < -0.3 is 20.7 Å². The third-order valence-corrected chi connectivity index (χ3v) is 5.60. The van der Waals surface area contributed by atoms with E-state index >= 15 is 0 Å². The fourth-order valence-electron chi connectivity index (χ4n) is 2.93. The molecule has 1 atom stereocenters. The van der Waals surface area contributed by atoms with Gasteiger partial charge in [0.2, 0.25) is 0 Å². The van der Waals surface area contributed by atoms with Crippen molar-refractivity contribution in [2.75, 3.05) is 19.0 Å². The summed E-state index contributed by atoms with van der Waals surface area (Å²) in [5.74, 6) is 0.636. The number of nitrogens with one attached hydrogen (secondary N) is 3. The number of guanidine groups is 1. The van der Waals surface area contributed by atoms with E-state index in [4.69, 9.17) is 4.74 Å². The molecule has 3 N–H and O–H groups in total. The third-order valence-electron chi connectivity index (χ3n) is 4.46. The predicted octanol–water partition coefficient (Wildman–Crippen LogP) is 3.31. The first kappa shape index (κ1) is 23.6. The summed E-state index contributed by atoms with van der Waals surface area (Å²) in [5, 5.41) is 10.5. The summed E-state index contributed by atoms with van der Waals surface area (Å²) < 4.78 is 5.43. The summed E-state index contributed by atoms with van der Waals surface area (Å²) in [4.78, 5) is 22.1. The predicted molar refractivity (Wildman–Crippen MR) is 128 cm³/mol. The molecule has 1 aromatic carbocycles. The zero-order chi connectivity index (χ0) is 19.8. The smallest absolute Gasteiger partial charge is 0.253 e. The molecule has 0 saturated carbocycles. The fraction of sp³-hybridized carbons (Fsp3) is 0.450. The first-order chi connectivity index (χ1) is 13.7. The first-order valence-electron chi connectivity index (χ1n) is 9.57. The van der Waals surface area contributed by atoms with Crippen molar-refractivity contribution in [2.24, 2.45) is 4.99 Å². The van der Waals surface area contributed by atoms with E-state index in [0.717, 1.165) is 35.5 Å². The standard InChI is InChI=1S/C20H27N5O2S.HI/c1-3-16-12-22-18(28-16)13-24-20(21-2)23-11-14-6-4-7-15(10-14)25-19(26)17-8-5-9-27-17;/h4,6-7,10,12,17H,3,5,8-9,11,13H2,1-2H3,(H,25,26)(H2,21,23,24);1H. The number of rotatable bonds is 7.